The van der Waals surface area contributed by atoms with Gasteiger partial charge in [0.15, 0.2) is 5.78 Å². The zero-order chi connectivity index (χ0) is 17.2. The zero-order valence-electron chi connectivity index (χ0n) is 13.5. The number of carboxylic acid groups (broad SMARTS) is 1. The molecular weight excluding hydrogens is 288 g/mol. The Morgan fingerprint density at radius 3 is 2.27 bits per heavy atom. The number of amides is 2. The molecule has 0 aromatic carbocycles. The second-order valence-corrected chi connectivity index (χ2v) is 6.42. The summed E-state index contributed by atoms with van der Waals surface area (Å²) in [5.41, 5.74) is -0.373. The molecule has 0 bridgehead atoms. The SMILES string of the molecule is CC(=O)NC1CC(C(=O)O)=C(C)N(CC(=O)C(C)(C)C)C1=O. The lowest BCUT2D eigenvalue weighted by Gasteiger charge is -2.34. The average molecular weight is 310 g/mol. The average Bonchev–Trinajstić information content (AvgIpc) is 2.35. The molecule has 1 rings (SSSR count). The van der Waals surface area contributed by atoms with Crippen molar-refractivity contribution in [3.8, 4) is 0 Å². The molecule has 1 unspecified atom stereocenters. The van der Waals surface area contributed by atoms with Crippen molar-refractivity contribution in [1.82, 2.24) is 10.2 Å². The molecule has 1 aliphatic rings. The Kier molecular flexibility index (Phi) is 5.11. The van der Waals surface area contributed by atoms with Gasteiger partial charge in [-0.1, -0.05) is 20.8 Å². The molecule has 0 radical (unpaired) electrons. The van der Waals surface area contributed by atoms with Crippen LogP contribution < -0.4 is 5.32 Å². The number of nitrogens with zero attached hydrogens (tertiary/aromatic N) is 1. The van der Waals surface area contributed by atoms with Crippen molar-refractivity contribution in [2.24, 2.45) is 5.41 Å². The van der Waals surface area contributed by atoms with Crippen molar-refractivity contribution < 1.29 is 24.3 Å². The van der Waals surface area contributed by atoms with Gasteiger partial charge in [0, 0.05) is 24.5 Å². The van der Waals surface area contributed by atoms with Crippen LogP contribution in [-0.2, 0) is 19.2 Å². The highest BCUT2D eigenvalue weighted by atomic mass is 16.4. The molecule has 0 aromatic rings. The van der Waals surface area contributed by atoms with Crippen molar-refractivity contribution in [3.63, 3.8) is 0 Å². The first kappa shape index (κ1) is 17.9. The van der Waals surface area contributed by atoms with Crippen LogP contribution in [0, 0.1) is 5.41 Å². The number of carbonyl (C=O) groups excluding carboxylic acids is 3. The summed E-state index contributed by atoms with van der Waals surface area (Å²) in [6, 6.07) is -0.958. The first-order valence-electron chi connectivity index (χ1n) is 7.00. The van der Waals surface area contributed by atoms with Crippen LogP contribution in [0.1, 0.15) is 41.0 Å². The summed E-state index contributed by atoms with van der Waals surface area (Å²) in [7, 11) is 0. The van der Waals surface area contributed by atoms with Gasteiger partial charge in [-0.05, 0) is 6.92 Å². The second-order valence-electron chi connectivity index (χ2n) is 6.42. The molecule has 1 heterocycles. The fraction of sp³-hybridized carbons (Fsp3) is 0.600. The number of nitrogens with one attached hydrogen (secondary N) is 1. The van der Waals surface area contributed by atoms with E-state index in [1.165, 1.54) is 13.8 Å². The number of carboxylic acids is 1. The number of rotatable bonds is 4. The Hall–Kier alpha value is -2.18. The number of aliphatic carboxylic acids is 1. The van der Waals surface area contributed by atoms with E-state index in [0.717, 1.165) is 4.90 Å². The third-order valence-electron chi connectivity index (χ3n) is 3.59. The molecule has 22 heavy (non-hydrogen) atoms. The zero-order valence-corrected chi connectivity index (χ0v) is 13.5. The van der Waals surface area contributed by atoms with Gasteiger partial charge >= 0.3 is 5.97 Å². The van der Waals surface area contributed by atoms with Crippen LogP contribution in [0.2, 0.25) is 0 Å². The summed E-state index contributed by atoms with van der Waals surface area (Å²) in [5.74, 6) is -2.23. The maximum atomic E-state index is 12.4. The molecule has 1 aliphatic heterocycles. The van der Waals surface area contributed by atoms with Gasteiger partial charge in [0.25, 0.3) is 0 Å². The number of allylic oxidation sites excluding steroid dienone is 1. The third kappa shape index (κ3) is 3.93. The number of ketones is 1. The van der Waals surface area contributed by atoms with E-state index in [4.69, 9.17) is 0 Å². The quantitative estimate of drug-likeness (QED) is 0.795. The summed E-state index contributed by atoms with van der Waals surface area (Å²) in [6.45, 7) is 7.73. The molecule has 7 nitrogen and oxygen atoms in total. The lowest BCUT2D eigenvalue weighted by atomic mass is 9.89. The maximum absolute atomic E-state index is 12.4. The number of hydrogen-bond acceptors (Lipinski definition) is 4. The first-order valence-corrected chi connectivity index (χ1v) is 7.00. The molecule has 7 heteroatoms. The monoisotopic (exact) mass is 310 g/mol. The Labute approximate surface area is 129 Å². The van der Waals surface area contributed by atoms with Crippen molar-refractivity contribution >= 4 is 23.6 Å². The number of carbonyl (C=O) groups is 4. The Bertz CT molecular complexity index is 557. The highest BCUT2D eigenvalue weighted by Gasteiger charge is 2.37. The predicted molar refractivity (Wildman–Crippen MR) is 78.7 cm³/mol. The summed E-state index contributed by atoms with van der Waals surface area (Å²) in [5, 5.41) is 11.7. The molecular formula is C15H22N2O5. The minimum Gasteiger partial charge on any atom is -0.478 e. The van der Waals surface area contributed by atoms with E-state index in [9.17, 15) is 24.3 Å². The van der Waals surface area contributed by atoms with Gasteiger partial charge in [-0.3, -0.25) is 14.4 Å². The van der Waals surface area contributed by atoms with Crippen molar-refractivity contribution in [1.29, 1.82) is 0 Å². The Balaban J connectivity index is 3.17. The largest absolute Gasteiger partial charge is 0.478 e. The lowest BCUT2D eigenvalue weighted by Crippen LogP contribution is -2.53. The molecule has 0 saturated carbocycles. The fourth-order valence-corrected chi connectivity index (χ4v) is 2.13. The van der Waals surface area contributed by atoms with Crippen molar-refractivity contribution in [2.75, 3.05) is 6.54 Å². The molecule has 2 amide bonds. The van der Waals surface area contributed by atoms with Crippen molar-refractivity contribution in [3.05, 3.63) is 11.3 Å². The van der Waals surface area contributed by atoms with E-state index >= 15 is 0 Å². The van der Waals surface area contributed by atoms with Crippen molar-refractivity contribution in [2.45, 2.75) is 47.1 Å². The van der Waals surface area contributed by atoms with E-state index in [1.54, 1.807) is 20.8 Å². The summed E-state index contributed by atoms with van der Waals surface area (Å²) >= 11 is 0. The van der Waals surface area contributed by atoms with E-state index in [1.807, 2.05) is 0 Å². The molecule has 0 aliphatic carbocycles. The smallest absolute Gasteiger partial charge is 0.333 e. The van der Waals surface area contributed by atoms with Gasteiger partial charge in [0.05, 0.1) is 12.1 Å². The fourth-order valence-electron chi connectivity index (χ4n) is 2.13. The minimum absolute atomic E-state index is 0.0278. The van der Waals surface area contributed by atoms with Crippen LogP contribution in [0.5, 0.6) is 0 Å². The van der Waals surface area contributed by atoms with E-state index in [2.05, 4.69) is 5.32 Å². The molecule has 0 spiro atoms. The predicted octanol–water partition coefficient (Wildman–Crippen LogP) is 0.697. The van der Waals surface area contributed by atoms with Crippen LogP contribution >= 0.6 is 0 Å². The summed E-state index contributed by atoms with van der Waals surface area (Å²) in [6.07, 6.45) is -0.0835. The minimum atomic E-state index is -1.16. The maximum Gasteiger partial charge on any atom is 0.333 e. The van der Waals surface area contributed by atoms with Crippen LogP contribution in [0.4, 0.5) is 0 Å². The van der Waals surface area contributed by atoms with E-state index < -0.39 is 29.2 Å². The molecule has 0 saturated heterocycles. The molecule has 0 fully saturated rings. The van der Waals surface area contributed by atoms with Gasteiger partial charge in [0.2, 0.25) is 11.8 Å². The standard InChI is InChI=1S/C15H22N2O5/c1-8-10(14(21)22)6-11(16-9(2)18)13(20)17(8)7-12(19)15(3,4)5/h11H,6-7H2,1-5H3,(H,16,18)(H,21,22). The van der Waals surface area contributed by atoms with Crippen LogP contribution in [-0.4, -0.2) is 46.2 Å². The van der Waals surface area contributed by atoms with Gasteiger partial charge < -0.3 is 15.3 Å². The van der Waals surface area contributed by atoms with Gasteiger partial charge in [-0.25, -0.2) is 4.79 Å². The van der Waals surface area contributed by atoms with Crippen LogP contribution in [0.3, 0.4) is 0 Å². The van der Waals surface area contributed by atoms with E-state index in [-0.39, 0.29) is 30.0 Å². The van der Waals surface area contributed by atoms with Crippen LogP contribution in [0.25, 0.3) is 0 Å². The first-order chi connectivity index (χ1) is 9.95. The van der Waals surface area contributed by atoms with Gasteiger partial charge in [-0.15, -0.1) is 0 Å². The van der Waals surface area contributed by atoms with Gasteiger partial charge in [-0.2, -0.15) is 0 Å². The third-order valence-corrected chi connectivity index (χ3v) is 3.59. The molecule has 0 aromatic heterocycles. The number of Topliss-reactive ketones (excluding diaryl/α,β-unsaturated/α-hetero) is 1. The lowest BCUT2D eigenvalue weighted by molar-refractivity contribution is -0.141. The normalized spacial score (nSPS) is 19.2. The van der Waals surface area contributed by atoms with E-state index in [0.29, 0.717) is 0 Å². The topological polar surface area (TPSA) is 104 Å². The summed E-state index contributed by atoms with van der Waals surface area (Å²) < 4.78 is 0. The summed E-state index contributed by atoms with van der Waals surface area (Å²) in [4.78, 5) is 48.3. The molecule has 1 atom stereocenters. The van der Waals surface area contributed by atoms with Crippen LogP contribution in [0.15, 0.2) is 11.3 Å². The molecule has 122 valence electrons. The number of hydrogen-bond donors (Lipinski definition) is 2. The second kappa shape index (κ2) is 6.29. The Morgan fingerprint density at radius 2 is 1.86 bits per heavy atom. The highest BCUT2D eigenvalue weighted by Crippen LogP contribution is 2.25. The van der Waals surface area contributed by atoms with Gasteiger partial charge in [0.1, 0.15) is 6.04 Å². The molecule has 2 N–H and O–H groups in total. The Morgan fingerprint density at radius 1 is 1.32 bits per heavy atom. The highest BCUT2D eigenvalue weighted by molar-refractivity contribution is 5.98.